The standard InChI is InChI=1S/C17H30O6/c1-10(2)16(22-13(6)19)8-15(21-12(5)18)9-17(11(3)4)23-14(7)20/h10-11,15-17H,8-9H2,1-7H3. The van der Waals surface area contributed by atoms with E-state index in [4.69, 9.17) is 14.2 Å². The Kier molecular flexibility index (Phi) is 9.53. The molecule has 0 bridgehead atoms. The van der Waals surface area contributed by atoms with Crippen molar-refractivity contribution in [2.75, 3.05) is 0 Å². The largest absolute Gasteiger partial charge is 0.462 e. The number of esters is 3. The van der Waals surface area contributed by atoms with Gasteiger partial charge < -0.3 is 14.2 Å². The number of hydrogen-bond acceptors (Lipinski definition) is 6. The maximum atomic E-state index is 11.4. The molecule has 0 heterocycles. The lowest BCUT2D eigenvalue weighted by Crippen LogP contribution is -2.34. The fourth-order valence-electron chi connectivity index (χ4n) is 2.28. The second kappa shape index (κ2) is 10.2. The van der Waals surface area contributed by atoms with Crippen LogP contribution in [0.4, 0.5) is 0 Å². The van der Waals surface area contributed by atoms with E-state index in [9.17, 15) is 14.4 Å². The van der Waals surface area contributed by atoms with Gasteiger partial charge in [-0.25, -0.2) is 0 Å². The first kappa shape index (κ1) is 21.4. The zero-order valence-corrected chi connectivity index (χ0v) is 15.3. The number of carbonyl (C=O) groups excluding carboxylic acids is 3. The molecule has 2 unspecified atom stereocenters. The van der Waals surface area contributed by atoms with Crippen LogP contribution in [-0.2, 0) is 28.6 Å². The highest BCUT2D eigenvalue weighted by Crippen LogP contribution is 2.22. The van der Waals surface area contributed by atoms with Crippen molar-refractivity contribution in [2.45, 2.75) is 79.6 Å². The van der Waals surface area contributed by atoms with Gasteiger partial charge in [-0.05, 0) is 11.8 Å². The van der Waals surface area contributed by atoms with E-state index < -0.39 is 12.1 Å². The normalized spacial score (nSPS) is 15.0. The zero-order chi connectivity index (χ0) is 18.2. The van der Waals surface area contributed by atoms with Crippen LogP contribution in [0.25, 0.3) is 0 Å². The van der Waals surface area contributed by atoms with Crippen molar-refractivity contribution in [3.05, 3.63) is 0 Å². The number of rotatable bonds is 9. The van der Waals surface area contributed by atoms with E-state index in [-0.39, 0.29) is 36.0 Å². The molecule has 0 spiro atoms. The summed E-state index contributed by atoms with van der Waals surface area (Å²) in [4.78, 5) is 33.8. The highest BCUT2D eigenvalue weighted by atomic mass is 16.6. The smallest absolute Gasteiger partial charge is 0.302 e. The summed E-state index contributed by atoms with van der Waals surface area (Å²) in [5, 5.41) is 0. The summed E-state index contributed by atoms with van der Waals surface area (Å²) in [5.41, 5.74) is 0. The lowest BCUT2D eigenvalue weighted by atomic mass is 9.94. The Balaban J connectivity index is 5.05. The molecular weight excluding hydrogens is 300 g/mol. The highest BCUT2D eigenvalue weighted by molar-refractivity contribution is 5.67. The van der Waals surface area contributed by atoms with Gasteiger partial charge >= 0.3 is 17.9 Å². The topological polar surface area (TPSA) is 78.9 Å². The number of hydrogen-bond donors (Lipinski definition) is 0. The minimum absolute atomic E-state index is 0.0863. The molecule has 0 fully saturated rings. The molecule has 6 heteroatoms. The molecule has 134 valence electrons. The van der Waals surface area contributed by atoms with Gasteiger partial charge in [-0.15, -0.1) is 0 Å². The van der Waals surface area contributed by atoms with Crippen molar-refractivity contribution in [2.24, 2.45) is 11.8 Å². The first-order valence-corrected chi connectivity index (χ1v) is 8.04. The molecule has 23 heavy (non-hydrogen) atoms. The summed E-state index contributed by atoms with van der Waals surface area (Å²) in [6.07, 6.45) is -0.446. The Bertz CT molecular complexity index is 372. The van der Waals surface area contributed by atoms with E-state index in [1.54, 1.807) is 0 Å². The van der Waals surface area contributed by atoms with Gasteiger partial charge in [0, 0.05) is 33.6 Å². The molecule has 0 saturated carbocycles. The van der Waals surface area contributed by atoms with Gasteiger partial charge in [-0.3, -0.25) is 14.4 Å². The van der Waals surface area contributed by atoms with E-state index >= 15 is 0 Å². The Hall–Kier alpha value is -1.59. The quantitative estimate of drug-likeness (QED) is 0.478. The van der Waals surface area contributed by atoms with Crippen LogP contribution in [0.1, 0.15) is 61.3 Å². The van der Waals surface area contributed by atoms with Crippen LogP contribution >= 0.6 is 0 Å². The molecule has 0 radical (unpaired) electrons. The molecule has 0 aliphatic carbocycles. The Labute approximate surface area is 138 Å². The molecule has 0 saturated heterocycles. The van der Waals surface area contributed by atoms with E-state index in [0.29, 0.717) is 12.8 Å². The van der Waals surface area contributed by atoms with Gasteiger partial charge in [0.2, 0.25) is 0 Å². The Morgan fingerprint density at radius 1 is 0.652 bits per heavy atom. The molecule has 0 aliphatic heterocycles. The van der Waals surface area contributed by atoms with Crippen molar-refractivity contribution in [3.63, 3.8) is 0 Å². The number of ether oxygens (including phenoxy) is 3. The summed E-state index contributed by atoms with van der Waals surface area (Å²) in [5.74, 6) is -0.978. The summed E-state index contributed by atoms with van der Waals surface area (Å²) >= 11 is 0. The van der Waals surface area contributed by atoms with E-state index in [1.165, 1.54) is 20.8 Å². The van der Waals surface area contributed by atoms with Gasteiger partial charge in [-0.2, -0.15) is 0 Å². The van der Waals surface area contributed by atoms with E-state index in [0.717, 1.165) is 0 Å². The van der Waals surface area contributed by atoms with Gasteiger partial charge in [-0.1, -0.05) is 27.7 Å². The third-order valence-corrected chi connectivity index (χ3v) is 3.44. The van der Waals surface area contributed by atoms with Gasteiger partial charge in [0.15, 0.2) is 0 Å². The van der Waals surface area contributed by atoms with Crippen LogP contribution in [-0.4, -0.2) is 36.2 Å². The fourth-order valence-corrected chi connectivity index (χ4v) is 2.28. The second-order valence-electron chi connectivity index (χ2n) is 6.49. The number of carbonyl (C=O) groups is 3. The molecule has 6 nitrogen and oxygen atoms in total. The third-order valence-electron chi connectivity index (χ3n) is 3.44. The monoisotopic (exact) mass is 330 g/mol. The minimum atomic E-state index is -0.481. The van der Waals surface area contributed by atoms with Crippen LogP contribution in [0.2, 0.25) is 0 Å². The van der Waals surface area contributed by atoms with Gasteiger partial charge in [0.05, 0.1) is 0 Å². The summed E-state index contributed by atoms with van der Waals surface area (Å²) in [6.45, 7) is 11.8. The first-order chi connectivity index (χ1) is 10.5. The lowest BCUT2D eigenvalue weighted by Gasteiger charge is -2.29. The molecule has 0 aromatic heterocycles. The maximum Gasteiger partial charge on any atom is 0.302 e. The van der Waals surface area contributed by atoms with Gasteiger partial charge in [0.1, 0.15) is 18.3 Å². The predicted octanol–water partition coefficient (Wildman–Crippen LogP) is 2.87. The SMILES string of the molecule is CC(=O)OC(CC(OC(C)=O)C(C)C)CC(OC(C)=O)C(C)C. The van der Waals surface area contributed by atoms with Crippen molar-refractivity contribution >= 4 is 17.9 Å². The van der Waals surface area contributed by atoms with Gasteiger partial charge in [0.25, 0.3) is 0 Å². The summed E-state index contributed by atoms with van der Waals surface area (Å²) in [7, 11) is 0. The third kappa shape index (κ3) is 9.92. The van der Waals surface area contributed by atoms with Crippen molar-refractivity contribution in [1.29, 1.82) is 0 Å². The summed E-state index contributed by atoms with van der Waals surface area (Å²) in [6, 6.07) is 0. The first-order valence-electron chi connectivity index (χ1n) is 8.04. The lowest BCUT2D eigenvalue weighted by molar-refractivity contribution is -0.159. The second-order valence-corrected chi connectivity index (χ2v) is 6.49. The highest BCUT2D eigenvalue weighted by Gasteiger charge is 2.29. The maximum absolute atomic E-state index is 11.4. The Morgan fingerprint density at radius 2 is 0.957 bits per heavy atom. The van der Waals surface area contributed by atoms with Crippen LogP contribution in [0.5, 0.6) is 0 Å². The van der Waals surface area contributed by atoms with E-state index in [1.807, 2.05) is 27.7 Å². The molecular formula is C17H30O6. The minimum Gasteiger partial charge on any atom is -0.462 e. The average molecular weight is 330 g/mol. The molecule has 0 aromatic rings. The fraction of sp³-hybridized carbons (Fsp3) is 0.824. The molecule has 0 rings (SSSR count). The van der Waals surface area contributed by atoms with Crippen LogP contribution in [0, 0.1) is 11.8 Å². The van der Waals surface area contributed by atoms with Crippen molar-refractivity contribution in [3.8, 4) is 0 Å². The van der Waals surface area contributed by atoms with E-state index in [2.05, 4.69) is 0 Å². The average Bonchev–Trinajstić information content (AvgIpc) is 2.34. The zero-order valence-electron chi connectivity index (χ0n) is 15.3. The molecule has 2 atom stereocenters. The van der Waals surface area contributed by atoms with Crippen LogP contribution < -0.4 is 0 Å². The molecule has 0 aliphatic rings. The van der Waals surface area contributed by atoms with Crippen LogP contribution in [0.3, 0.4) is 0 Å². The molecule has 0 amide bonds. The molecule has 0 N–H and O–H groups in total. The predicted molar refractivity (Wildman–Crippen MR) is 85.6 cm³/mol. The van der Waals surface area contributed by atoms with Crippen molar-refractivity contribution < 1.29 is 28.6 Å². The van der Waals surface area contributed by atoms with Crippen LogP contribution in [0.15, 0.2) is 0 Å². The molecule has 0 aromatic carbocycles. The Morgan fingerprint density at radius 3 is 1.17 bits per heavy atom. The van der Waals surface area contributed by atoms with Crippen molar-refractivity contribution in [1.82, 2.24) is 0 Å². The summed E-state index contributed by atoms with van der Waals surface area (Å²) < 4.78 is 16.0.